The van der Waals surface area contributed by atoms with Crippen LogP contribution < -0.4 is 5.32 Å². The smallest absolute Gasteiger partial charge is 0.248 e. The predicted molar refractivity (Wildman–Crippen MR) is 83.4 cm³/mol. The molecule has 2 heterocycles. The van der Waals surface area contributed by atoms with Gasteiger partial charge in [-0.25, -0.2) is 23.7 Å². The average Bonchev–Trinajstić information content (AvgIpc) is 2.90. The van der Waals surface area contributed by atoms with E-state index in [-0.39, 0.29) is 18.9 Å². The van der Waals surface area contributed by atoms with Crippen LogP contribution in [0.2, 0.25) is 0 Å². The molecule has 22 heavy (non-hydrogen) atoms. The van der Waals surface area contributed by atoms with Crippen molar-refractivity contribution in [2.75, 3.05) is 5.32 Å². The Morgan fingerprint density at radius 3 is 2.55 bits per heavy atom. The molecule has 1 N–H and O–H groups in total. The quantitative estimate of drug-likeness (QED) is 0.919. The number of nitrogens with one attached hydrogen (secondary N) is 1. The second-order valence-corrected chi connectivity index (χ2v) is 6.62. The summed E-state index contributed by atoms with van der Waals surface area (Å²) in [5.41, 5.74) is 2.48. The Labute approximate surface area is 132 Å². The third-order valence-corrected chi connectivity index (χ3v) is 4.83. The third kappa shape index (κ3) is 3.40. The first-order valence-electron chi connectivity index (χ1n) is 7.33. The van der Waals surface area contributed by atoms with Gasteiger partial charge in [0.2, 0.25) is 5.92 Å². The van der Waals surface area contributed by atoms with Crippen molar-refractivity contribution in [1.29, 1.82) is 0 Å². The zero-order chi connectivity index (χ0) is 15.7. The molecule has 0 bridgehead atoms. The highest BCUT2D eigenvalue weighted by Gasteiger charge is 2.35. The highest BCUT2D eigenvalue weighted by Crippen LogP contribution is 2.34. The summed E-state index contributed by atoms with van der Waals surface area (Å²) < 4.78 is 26.4. The molecule has 2 aromatic heterocycles. The fourth-order valence-electron chi connectivity index (χ4n) is 2.58. The SMILES string of the molecule is Cc1csc(-c2cnc(NC3CCC(F)(F)CC3)c(C)n2)n1. The van der Waals surface area contributed by atoms with Crippen LogP contribution >= 0.6 is 11.3 Å². The van der Waals surface area contributed by atoms with E-state index in [2.05, 4.69) is 20.3 Å². The molecule has 1 fully saturated rings. The largest absolute Gasteiger partial charge is 0.366 e. The molecule has 0 unspecified atom stereocenters. The van der Waals surface area contributed by atoms with Crippen molar-refractivity contribution in [2.24, 2.45) is 0 Å². The molecule has 3 rings (SSSR count). The minimum Gasteiger partial charge on any atom is -0.366 e. The number of aryl methyl sites for hydroxylation is 2. The summed E-state index contributed by atoms with van der Waals surface area (Å²) in [6, 6.07) is 0.0422. The van der Waals surface area contributed by atoms with E-state index in [1.165, 1.54) is 11.3 Å². The number of thiazole rings is 1. The van der Waals surface area contributed by atoms with Crippen LogP contribution in [0.4, 0.5) is 14.6 Å². The van der Waals surface area contributed by atoms with Crippen molar-refractivity contribution in [3.63, 3.8) is 0 Å². The summed E-state index contributed by atoms with van der Waals surface area (Å²) in [6.07, 6.45) is 2.48. The predicted octanol–water partition coefficient (Wildman–Crippen LogP) is 4.21. The number of rotatable bonds is 3. The zero-order valence-electron chi connectivity index (χ0n) is 12.6. The first kappa shape index (κ1) is 15.3. The Balaban J connectivity index is 1.70. The van der Waals surface area contributed by atoms with Gasteiger partial charge in [-0.3, -0.25) is 0 Å². The zero-order valence-corrected chi connectivity index (χ0v) is 13.4. The number of hydrogen-bond donors (Lipinski definition) is 1. The molecule has 118 valence electrons. The van der Waals surface area contributed by atoms with Crippen LogP contribution in [0, 0.1) is 13.8 Å². The van der Waals surface area contributed by atoms with Crippen LogP contribution in [0.1, 0.15) is 37.1 Å². The summed E-state index contributed by atoms with van der Waals surface area (Å²) >= 11 is 1.54. The fourth-order valence-corrected chi connectivity index (χ4v) is 3.33. The molecule has 0 amide bonds. The van der Waals surface area contributed by atoms with Crippen LogP contribution in [0.5, 0.6) is 0 Å². The van der Waals surface area contributed by atoms with Gasteiger partial charge in [0.25, 0.3) is 0 Å². The summed E-state index contributed by atoms with van der Waals surface area (Å²) in [6.45, 7) is 3.81. The van der Waals surface area contributed by atoms with E-state index < -0.39 is 5.92 Å². The van der Waals surface area contributed by atoms with Gasteiger partial charge < -0.3 is 5.32 Å². The molecule has 0 saturated heterocycles. The standard InChI is InChI=1S/C15H18F2N4S/c1-9-8-22-14(19-9)12-7-18-13(10(2)20-12)21-11-3-5-15(16,17)6-4-11/h7-8,11H,3-6H2,1-2H3,(H,18,21). The molecule has 0 radical (unpaired) electrons. The van der Waals surface area contributed by atoms with Gasteiger partial charge in [-0.15, -0.1) is 11.3 Å². The molecule has 2 aromatic rings. The maximum Gasteiger partial charge on any atom is 0.248 e. The van der Waals surface area contributed by atoms with Crippen LogP contribution in [0.3, 0.4) is 0 Å². The Morgan fingerprint density at radius 1 is 1.23 bits per heavy atom. The normalized spacial score (nSPS) is 18.4. The maximum absolute atomic E-state index is 13.2. The summed E-state index contributed by atoms with van der Waals surface area (Å²) in [5.74, 6) is -1.84. The highest BCUT2D eigenvalue weighted by molar-refractivity contribution is 7.13. The number of nitrogens with zero attached hydrogens (tertiary/aromatic N) is 3. The van der Waals surface area contributed by atoms with Crippen LogP contribution in [-0.2, 0) is 0 Å². The molecule has 4 nitrogen and oxygen atoms in total. The molecule has 0 spiro atoms. The van der Waals surface area contributed by atoms with E-state index in [0.717, 1.165) is 22.1 Å². The monoisotopic (exact) mass is 324 g/mol. The Kier molecular flexibility index (Phi) is 4.08. The summed E-state index contributed by atoms with van der Waals surface area (Å²) in [5, 5.41) is 6.06. The minimum absolute atomic E-state index is 0.0422. The van der Waals surface area contributed by atoms with Gasteiger partial charge in [-0.2, -0.15) is 0 Å². The van der Waals surface area contributed by atoms with Crippen molar-refractivity contribution in [1.82, 2.24) is 15.0 Å². The molecule has 0 atom stereocenters. The highest BCUT2D eigenvalue weighted by atomic mass is 32.1. The topological polar surface area (TPSA) is 50.7 Å². The number of halogens is 2. The Hall–Kier alpha value is -1.63. The number of anilines is 1. The molecule has 0 aromatic carbocycles. The molecule has 1 aliphatic rings. The van der Waals surface area contributed by atoms with Crippen molar-refractivity contribution >= 4 is 17.2 Å². The van der Waals surface area contributed by atoms with Gasteiger partial charge in [0.1, 0.15) is 16.5 Å². The van der Waals surface area contributed by atoms with Gasteiger partial charge in [-0.1, -0.05) is 0 Å². The second-order valence-electron chi connectivity index (χ2n) is 5.76. The van der Waals surface area contributed by atoms with Gasteiger partial charge in [0.05, 0.1) is 11.9 Å². The van der Waals surface area contributed by atoms with Gasteiger partial charge in [-0.05, 0) is 26.7 Å². The van der Waals surface area contributed by atoms with Crippen LogP contribution in [0.25, 0.3) is 10.7 Å². The minimum atomic E-state index is -2.51. The van der Waals surface area contributed by atoms with E-state index >= 15 is 0 Å². The fraction of sp³-hybridized carbons (Fsp3) is 0.533. The number of alkyl halides is 2. The van der Waals surface area contributed by atoms with Gasteiger partial charge in [0.15, 0.2) is 0 Å². The van der Waals surface area contributed by atoms with Gasteiger partial charge in [0, 0.05) is 30.0 Å². The first-order valence-corrected chi connectivity index (χ1v) is 8.21. The van der Waals surface area contributed by atoms with Crippen molar-refractivity contribution < 1.29 is 8.78 Å². The average molecular weight is 324 g/mol. The maximum atomic E-state index is 13.2. The molecule has 7 heteroatoms. The van der Waals surface area contributed by atoms with E-state index in [1.54, 1.807) is 6.20 Å². The molecule has 1 saturated carbocycles. The second kappa shape index (κ2) is 5.87. The lowest BCUT2D eigenvalue weighted by Crippen LogP contribution is -2.32. The van der Waals surface area contributed by atoms with Crippen LogP contribution in [0.15, 0.2) is 11.6 Å². The molecule has 1 aliphatic carbocycles. The Bertz CT molecular complexity index is 661. The van der Waals surface area contributed by atoms with Crippen molar-refractivity contribution in [2.45, 2.75) is 51.5 Å². The Morgan fingerprint density at radius 2 is 1.95 bits per heavy atom. The van der Waals surface area contributed by atoms with E-state index in [0.29, 0.717) is 18.7 Å². The molecule has 0 aliphatic heterocycles. The van der Waals surface area contributed by atoms with Crippen LogP contribution in [-0.4, -0.2) is 26.9 Å². The molecular formula is C15H18F2N4S. The van der Waals surface area contributed by atoms with Crippen molar-refractivity contribution in [3.05, 3.63) is 23.0 Å². The van der Waals surface area contributed by atoms with E-state index in [4.69, 9.17) is 0 Å². The van der Waals surface area contributed by atoms with Gasteiger partial charge >= 0.3 is 0 Å². The van der Waals surface area contributed by atoms with E-state index in [1.807, 2.05) is 19.2 Å². The third-order valence-electron chi connectivity index (χ3n) is 3.84. The summed E-state index contributed by atoms with van der Waals surface area (Å²) in [4.78, 5) is 13.3. The summed E-state index contributed by atoms with van der Waals surface area (Å²) in [7, 11) is 0. The number of hydrogen-bond acceptors (Lipinski definition) is 5. The van der Waals surface area contributed by atoms with Crippen molar-refractivity contribution in [3.8, 4) is 10.7 Å². The van der Waals surface area contributed by atoms with E-state index in [9.17, 15) is 8.78 Å². The lowest BCUT2D eigenvalue weighted by atomic mass is 9.92. The lowest BCUT2D eigenvalue weighted by Gasteiger charge is -2.29. The lowest BCUT2D eigenvalue weighted by molar-refractivity contribution is -0.0361. The first-order chi connectivity index (χ1) is 10.4. The molecular weight excluding hydrogens is 306 g/mol. The number of aromatic nitrogens is 3.